The van der Waals surface area contributed by atoms with Crippen LogP contribution >= 0.6 is 0 Å². The second kappa shape index (κ2) is 6.89. The molecule has 1 aliphatic heterocycles. The second-order valence-electron chi connectivity index (χ2n) is 6.45. The number of hydrogen-bond acceptors (Lipinski definition) is 4. The van der Waals surface area contributed by atoms with Crippen LogP contribution in [0, 0.1) is 5.92 Å². The molecule has 1 fully saturated rings. The normalized spacial score (nSPS) is 16.5. The smallest absolute Gasteiger partial charge is 0.251 e. The summed E-state index contributed by atoms with van der Waals surface area (Å²) in [5.74, 6) is 0.900. The zero-order valence-electron chi connectivity index (χ0n) is 13.0. The molecular weight excluding hydrogens is 268 g/mol. The number of amides is 1. The van der Waals surface area contributed by atoms with Gasteiger partial charge >= 0.3 is 0 Å². The fourth-order valence-corrected chi connectivity index (χ4v) is 2.16. The van der Waals surface area contributed by atoms with Gasteiger partial charge in [-0.1, -0.05) is 0 Å². The zero-order chi connectivity index (χ0) is 15.3. The molecule has 116 valence electrons. The zero-order valence-corrected chi connectivity index (χ0v) is 13.0. The number of ether oxygens (including phenoxy) is 2. The van der Waals surface area contributed by atoms with E-state index in [9.17, 15) is 4.79 Å². The minimum atomic E-state index is -0.260. The fraction of sp³-hybridized carbons (Fsp3) is 0.625. The summed E-state index contributed by atoms with van der Waals surface area (Å²) in [4.78, 5) is 16.3. The average Bonchev–Trinajstić information content (AvgIpc) is 2.45. The van der Waals surface area contributed by atoms with Crippen LogP contribution in [0.15, 0.2) is 18.3 Å². The van der Waals surface area contributed by atoms with Gasteiger partial charge in [0.1, 0.15) is 0 Å². The largest absolute Gasteiger partial charge is 0.477 e. The van der Waals surface area contributed by atoms with Gasteiger partial charge in [0.25, 0.3) is 5.91 Å². The molecule has 0 saturated carbocycles. The Bertz CT molecular complexity index is 477. The van der Waals surface area contributed by atoms with E-state index in [1.165, 1.54) is 0 Å². The van der Waals surface area contributed by atoms with Crippen molar-refractivity contribution < 1.29 is 14.3 Å². The minimum Gasteiger partial charge on any atom is -0.477 e. The van der Waals surface area contributed by atoms with Gasteiger partial charge in [-0.25, -0.2) is 4.98 Å². The van der Waals surface area contributed by atoms with E-state index >= 15 is 0 Å². The van der Waals surface area contributed by atoms with Crippen LogP contribution < -0.4 is 10.1 Å². The van der Waals surface area contributed by atoms with E-state index < -0.39 is 0 Å². The summed E-state index contributed by atoms with van der Waals surface area (Å²) in [5, 5.41) is 2.93. The molecule has 5 nitrogen and oxygen atoms in total. The lowest BCUT2D eigenvalue weighted by atomic mass is 10.0. The van der Waals surface area contributed by atoms with Crippen molar-refractivity contribution in [3.05, 3.63) is 23.9 Å². The maximum Gasteiger partial charge on any atom is 0.251 e. The Morgan fingerprint density at radius 3 is 2.81 bits per heavy atom. The minimum absolute atomic E-state index is 0.110. The Morgan fingerprint density at radius 1 is 1.43 bits per heavy atom. The lowest BCUT2D eigenvalue weighted by Crippen LogP contribution is -2.40. The molecule has 0 unspecified atom stereocenters. The number of nitrogens with one attached hydrogen (secondary N) is 1. The van der Waals surface area contributed by atoms with Crippen molar-refractivity contribution in [3.63, 3.8) is 0 Å². The van der Waals surface area contributed by atoms with Gasteiger partial charge in [-0.05, 0) is 45.6 Å². The molecule has 1 aromatic rings. The van der Waals surface area contributed by atoms with E-state index in [-0.39, 0.29) is 11.4 Å². The summed E-state index contributed by atoms with van der Waals surface area (Å²) >= 11 is 0. The highest BCUT2D eigenvalue weighted by molar-refractivity contribution is 5.94. The summed E-state index contributed by atoms with van der Waals surface area (Å²) in [6.07, 6.45) is 3.64. The van der Waals surface area contributed by atoms with Crippen LogP contribution in [0.2, 0.25) is 0 Å². The molecule has 0 radical (unpaired) electrons. The van der Waals surface area contributed by atoms with Gasteiger partial charge in [0.15, 0.2) is 0 Å². The van der Waals surface area contributed by atoms with Crippen molar-refractivity contribution in [2.75, 3.05) is 19.8 Å². The van der Waals surface area contributed by atoms with Gasteiger partial charge in [0.2, 0.25) is 5.88 Å². The van der Waals surface area contributed by atoms with E-state index in [1.807, 2.05) is 20.8 Å². The first kappa shape index (κ1) is 15.8. The quantitative estimate of drug-likeness (QED) is 0.926. The SMILES string of the molecule is CC(C)(C)NC(=O)c1ccnc(OCC2CCOCC2)c1. The van der Waals surface area contributed by atoms with Crippen LogP contribution in [-0.2, 0) is 4.74 Å². The molecule has 0 aromatic carbocycles. The third-order valence-corrected chi connectivity index (χ3v) is 3.29. The average molecular weight is 292 g/mol. The molecule has 2 heterocycles. The predicted molar refractivity (Wildman–Crippen MR) is 80.5 cm³/mol. The molecule has 1 aromatic heterocycles. The molecule has 0 bridgehead atoms. The molecular formula is C16H24N2O3. The third kappa shape index (κ3) is 5.34. The fourth-order valence-electron chi connectivity index (χ4n) is 2.16. The van der Waals surface area contributed by atoms with E-state index in [2.05, 4.69) is 10.3 Å². The molecule has 2 rings (SSSR count). The van der Waals surface area contributed by atoms with Gasteiger partial charge in [0, 0.05) is 36.6 Å². The van der Waals surface area contributed by atoms with Crippen molar-refractivity contribution in [1.82, 2.24) is 10.3 Å². The Morgan fingerprint density at radius 2 is 2.14 bits per heavy atom. The van der Waals surface area contributed by atoms with Crippen LogP contribution in [-0.4, -0.2) is 36.3 Å². The topological polar surface area (TPSA) is 60.5 Å². The summed E-state index contributed by atoms with van der Waals surface area (Å²) in [6, 6.07) is 3.39. The van der Waals surface area contributed by atoms with Gasteiger partial charge in [-0.2, -0.15) is 0 Å². The number of nitrogens with zero attached hydrogens (tertiary/aromatic N) is 1. The van der Waals surface area contributed by atoms with E-state index in [0.29, 0.717) is 24.0 Å². The van der Waals surface area contributed by atoms with Crippen LogP contribution in [0.3, 0.4) is 0 Å². The molecule has 0 atom stereocenters. The monoisotopic (exact) mass is 292 g/mol. The molecule has 0 spiro atoms. The molecule has 1 N–H and O–H groups in total. The highest BCUT2D eigenvalue weighted by Crippen LogP contribution is 2.17. The summed E-state index contributed by atoms with van der Waals surface area (Å²) in [7, 11) is 0. The highest BCUT2D eigenvalue weighted by Gasteiger charge is 2.17. The summed E-state index contributed by atoms with van der Waals surface area (Å²) in [6.45, 7) is 8.09. The number of aromatic nitrogens is 1. The Kier molecular flexibility index (Phi) is 5.17. The number of rotatable bonds is 4. The maximum atomic E-state index is 12.1. The highest BCUT2D eigenvalue weighted by atomic mass is 16.5. The van der Waals surface area contributed by atoms with Gasteiger partial charge < -0.3 is 14.8 Å². The molecule has 1 aliphatic rings. The number of hydrogen-bond donors (Lipinski definition) is 1. The summed E-state index contributed by atoms with van der Waals surface area (Å²) in [5.41, 5.74) is 0.311. The van der Waals surface area contributed by atoms with Gasteiger partial charge in [-0.15, -0.1) is 0 Å². The lowest BCUT2D eigenvalue weighted by Gasteiger charge is -2.22. The van der Waals surface area contributed by atoms with Crippen LogP contribution in [0.1, 0.15) is 44.0 Å². The molecule has 1 saturated heterocycles. The second-order valence-corrected chi connectivity index (χ2v) is 6.45. The van der Waals surface area contributed by atoms with E-state index in [4.69, 9.17) is 9.47 Å². The predicted octanol–water partition coefficient (Wildman–Crippen LogP) is 2.42. The van der Waals surface area contributed by atoms with Crippen molar-refractivity contribution in [1.29, 1.82) is 0 Å². The molecule has 21 heavy (non-hydrogen) atoms. The third-order valence-electron chi connectivity index (χ3n) is 3.29. The van der Waals surface area contributed by atoms with Crippen LogP contribution in [0.5, 0.6) is 5.88 Å². The first-order valence-corrected chi connectivity index (χ1v) is 7.43. The molecule has 5 heteroatoms. The van der Waals surface area contributed by atoms with Crippen LogP contribution in [0.25, 0.3) is 0 Å². The van der Waals surface area contributed by atoms with Gasteiger partial charge in [0.05, 0.1) is 6.61 Å². The van der Waals surface area contributed by atoms with Crippen molar-refractivity contribution in [2.45, 2.75) is 39.2 Å². The van der Waals surface area contributed by atoms with Crippen molar-refractivity contribution >= 4 is 5.91 Å². The van der Waals surface area contributed by atoms with Crippen molar-refractivity contribution in [3.8, 4) is 5.88 Å². The first-order valence-electron chi connectivity index (χ1n) is 7.43. The standard InChI is InChI=1S/C16H24N2O3/c1-16(2,3)18-15(19)13-4-7-17-14(10-13)21-11-12-5-8-20-9-6-12/h4,7,10,12H,5-6,8-9,11H2,1-3H3,(H,18,19). The first-order chi connectivity index (χ1) is 9.94. The Labute approximate surface area is 126 Å². The Hall–Kier alpha value is -1.62. The van der Waals surface area contributed by atoms with Crippen LogP contribution in [0.4, 0.5) is 0 Å². The molecule has 0 aliphatic carbocycles. The Balaban J connectivity index is 1.92. The number of carbonyl (C=O) groups excluding carboxylic acids is 1. The van der Waals surface area contributed by atoms with E-state index in [1.54, 1.807) is 18.3 Å². The summed E-state index contributed by atoms with van der Waals surface area (Å²) < 4.78 is 11.0. The maximum absolute atomic E-state index is 12.1. The number of carbonyl (C=O) groups is 1. The number of pyridine rings is 1. The lowest BCUT2D eigenvalue weighted by molar-refractivity contribution is 0.0490. The molecule has 1 amide bonds. The van der Waals surface area contributed by atoms with E-state index in [0.717, 1.165) is 26.1 Å². The van der Waals surface area contributed by atoms with Gasteiger partial charge in [-0.3, -0.25) is 4.79 Å². The van der Waals surface area contributed by atoms with Crippen molar-refractivity contribution in [2.24, 2.45) is 5.92 Å².